The van der Waals surface area contributed by atoms with Crippen LogP contribution in [-0.2, 0) is 0 Å². The average molecular weight is 376 g/mol. The number of aliphatic imine (C=N–C) groups is 1. The number of carbonyl (C=O) groups is 1. The van der Waals surface area contributed by atoms with Crippen LogP contribution in [0.25, 0.3) is 0 Å². The van der Waals surface area contributed by atoms with E-state index in [2.05, 4.69) is 33.5 Å². The molecule has 0 aliphatic carbocycles. The summed E-state index contributed by atoms with van der Waals surface area (Å²) in [6, 6.07) is 8.07. The van der Waals surface area contributed by atoms with Crippen molar-refractivity contribution in [2.24, 2.45) is 4.99 Å². The number of urea groups is 1. The van der Waals surface area contributed by atoms with Gasteiger partial charge in [0, 0.05) is 29.7 Å². The van der Waals surface area contributed by atoms with E-state index in [1.807, 2.05) is 34.1 Å². The first-order chi connectivity index (χ1) is 11.2. The van der Waals surface area contributed by atoms with E-state index in [4.69, 9.17) is 4.99 Å². The molecule has 4 rings (SSSR count). The summed E-state index contributed by atoms with van der Waals surface area (Å²) < 4.78 is 1.03. The van der Waals surface area contributed by atoms with Gasteiger partial charge in [0.1, 0.15) is 17.4 Å². The Bertz CT molecular complexity index is 712. The van der Waals surface area contributed by atoms with E-state index in [1.54, 1.807) is 0 Å². The summed E-state index contributed by atoms with van der Waals surface area (Å²) in [5, 5.41) is 6.74. The highest BCUT2D eigenvalue weighted by Gasteiger charge is 2.44. The van der Waals surface area contributed by atoms with Crippen molar-refractivity contribution in [1.29, 1.82) is 0 Å². The highest BCUT2D eigenvalue weighted by Crippen LogP contribution is 2.30. The number of benzene rings is 1. The Morgan fingerprint density at radius 3 is 2.87 bits per heavy atom. The van der Waals surface area contributed by atoms with Crippen LogP contribution < -0.4 is 10.6 Å². The minimum absolute atomic E-state index is 0.0446. The predicted octanol–water partition coefficient (Wildman–Crippen LogP) is 2.04. The van der Waals surface area contributed by atoms with Gasteiger partial charge in [-0.05, 0) is 18.6 Å². The van der Waals surface area contributed by atoms with Gasteiger partial charge in [0.25, 0.3) is 0 Å². The van der Waals surface area contributed by atoms with Crippen LogP contribution in [0.15, 0.2) is 45.2 Å². The lowest BCUT2D eigenvalue weighted by atomic mass is 10.2. The number of nitrogens with zero attached hydrogens (tertiary/aromatic N) is 3. The Hall–Kier alpha value is -2.02. The minimum Gasteiger partial charge on any atom is -0.368 e. The number of rotatable bonds is 3. The molecule has 1 saturated heterocycles. The number of hydrogen-bond acceptors (Lipinski definition) is 4. The fraction of sp³-hybridized carbons (Fsp3) is 0.375. The third kappa shape index (κ3) is 2.30. The quantitative estimate of drug-likeness (QED) is 0.849. The smallest absolute Gasteiger partial charge is 0.327 e. The van der Waals surface area contributed by atoms with Crippen molar-refractivity contribution in [2.45, 2.75) is 19.5 Å². The van der Waals surface area contributed by atoms with Gasteiger partial charge < -0.3 is 10.6 Å². The number of hydrogen-bond donors (Lipinski definition) is 2. The largest absolute Gasteiger partial charge is 0.368 e. The molecule has 1 fully saturated rings. The van der Waals surface area contributed by atoms with E-state index < -0.39 is 0 Å². The molecule has 0 aromatic heterocycles. The van der Waals surface area contributed by atoms with Crippen molar-refractivity contribution >= 4 is 27.8 Å². The molecular weight excluding hydrogens is 358 g/mol. The van der Waals surface area contributed by atoms with Crippen LogP contribution in [0.2, 0.25) is 0 Å². The van der Waals surface area contributed by atoms with Crippen molar-refractivity contribution < 1.29 is 4.79 Å². The summed E-state index contributed by atoms with van der Waals surface area (Å²) in [4.78, 5) is 21.2. The zero-order chi connectivity index (χ0) is 16.0. The monoisotopic (exact) mass is 375 g/mol. The second-order valence-corrected chi connectivity index (χ2v) is 6.72. The summed E-state index contributed by atoms with van der Waals surface area (Å²) in [7, 11) is 0. The number of fused-ring (bicyclic) bond motifs is 2. The van der Waals surface area contributed by atoms with Crippen LogP contribution in [0.1, 0.15) is 18.9 Å². The molecular formula is C16H18BrN5O. The van der Waals surface area contributed by atoms with E-state index in [0.717, 1.165) is 40.4 Å². The van der Waals surface area contributed by atoms with Gasteiger partial charge in [0.2, 0.25) is 0 Å². The Morgan fingerprint density at radius 1 is 1.35 bits per heavy atom. The molecule has 2 N–H and O–H groups in total. The molecule has 0 saturated carbocycles. The first kappa shape index (κ1) is 14.6. The van der Waals surface area contributed by atoms with Gasteiger partial charge >= 0.3 is 6.03 Å². The molecule has 7 heteroatoms. The van der Waals surface area contributed by atoms with Gasteiger partial charge in [-0.15, -0.1) is 0 Å². The average Bonchev–Trinajstić information content (AvgIpc) is 3.18. The van der Waals surface area contributed by atoms with E-state index >= 15 is 0 Å². The first-order valence-corrected chi connectivity index (χ1v) is 8.65. The second kappa shape index (κ2) is 5.56. The highest BCUT2D eigenvalue weighted by molar-refractivity contribution is 9.10. The minimum atomic E-state index is -0.252. The lowest BCUT2D eigenvalue weighted by molar-refractivity contribution is 0.147. The van der Waals surface area contributed by atoms with Crippen LogP contribution in [0, 0.1) is 0 Å². The summed E-state index contributed by atoms with van der Waals surface area (Å²) >= 11 is 3.45. The first-order valence-electron chi connectivity index (χ1n) is 7.86. The second-order valence-electron chi connectivity index (χ2n) is 5.80. The molecule has 0 radical (unpaired) electrons. The molecule has 1 aromatic rings. The van der Waals surface area contributed by atoms with Crippen molar-refractivity contribution in [1.82, 2.24) is 20.4 Å². The third-order valence-corrected chi connectivity index (χ3v) is 4.80. The molecule has 3 aliphatic heterocycles. The number of amides is 2. The van der Waals surface area contributed by atoms with E-state index in [-0.39, 0.29) is 12.2 Å². The van der Waals surface area contributed by atoms with Gasteiger partial charge in [-0.2, -0.15) is 0 Å². The van der Waals surface area contributed by atoms with Gasteiger partial charge in [0.05, 0.1) is 0 Å². The van der Waals surface area contributed by atoms with Crippen molar-refractivity contribution in [3.63, 3.8) is 0 Å². The van der Waals surface area contributed by atoms with Crippen LogP contribution in [-0.4, -0.2) is 47.5 Å². The zero-order valence-corrected chi connectivity index (χ0v) is 14.4. The van der Waals surface area contributed by atoms with E-state index in [9.17, 15) is 4.79 Å². The molecule has 120 valence electrons. The molecule has 1 aromatic carbocycles. The molecule has 1 unspecified atom stereocenters. The lowest BCUT2D eigenvalue weighted by Gasteiger charge is -2.36. The Labute approximate surface area is 143 Å². The topological polar surface area (TPSA) is 60.0 Å². The van der Waals surface area contributed by atoms with Crippen LogP contribution >= 0.6 is 15.9 Å². The molecule has 0 spiro atoms. The lowest BCUT2D eigenvalue weighted by Crippen LogP contribution is -2.53. The van der Waals surface area contributed by atoms with Gasteiger partial charge in [0.15, 0.2) is 6.17 Å². The summed E-state index contributed by atoms with van der Waals surface area (Å²) in [5.41, 5.74) is 2.00. The van der Waals surface area contributed by atoms with Crippen molar-refractivity contribution in [3.8, 4) is 0 Å². The molecule has 23 heavy (non-hydrogen) atoms. The van der Waals surface area contributed by atoms with Crippen molar-refractivity contribution in [2.75, 3.05) is 19.6 Å². The summed E-state index contributed by atoms with van der Waals surface area (Å²) in [6.45, 7) is 4.28. The van der Waals surface area contributed by atoms with Crippen LogP contribution in [0.5, 0.6) is 0 Å². The fourth-order valence-electron chi connectivity index (χ4n) is 3.22. The molecule has 6 nitrogen and oxygen atoms in total. The maximum atomic E-state index is 12.7. The highest BCUT2D eigenvalue weighted by atomic mass is 79.9. The maximum absolute atomic E-state index is 12.7. The van der Waals surface area contributed by atoms with E-state index in [1.165, 1.54) is 0 Å². The molecule has 3 aliphatic rings. The third-order valence-electron chi connectivity index (χ3n) is 4.27. The van der Waals surface area contributed by atoms with Crippen molar-refractivity contribution in [3.05, 3.63) is 45.8 Å². The maximum Gasteiger partial charge on any atom is 0.327 e. The SMILES string of the molecule is CCCN1C(=O)N2CCNC2=C2NC(c3ccc(Br)cc3)=NC21. The summed E-state index contributed by atoms with van der Waals surface area (Å²) in [5.74, 6) is 1.69. The van der Waals surface area contributed by atoms with Gasteiger partial charge in [-0.3, -0.25) is 9.80 Å². The Kier molecular flexibility index (Phi) is 3.52. The zero-order valence-electron chi connectivity index (χ0n) is 12.8. The fourth-order valence-corrected chi connectivity index (χ4v) is 3.48. The summed E-state index contributed by atoms with van der Waals surface area (Å²) in [6.07, 6.45) is 0.660. The molecule has 1 atom stereocenters. The normalized spacial score (nSPS) is 22.6. The number of halogens is 1. The molecule has 3 heterocycles. The predicted molar refractivity (Wildman–Crippen MR) is 91.7 cm³/mol. The Morgan fingerprint density at radius 2 is 2.13 bits per heavy atom. The standard InChI is InChI=1S/C16H18BrN5O/c1-2-8-21-15-12(14-18-7-9-22(14)16(21)23)19-13(20-15)10-3-5-11(17)6-4-10/h3-6,15,18H,2,7-9H2,1H3,(H,19,20). The molecule has 0 bridgehead atoms. The molecule has 2 amide bonds. The Balaban J connectivity index is 1.74. The number of carbonyl (C=O) groups excluding carboxylic acids is 1. The van der Waals surface area contributed by atoms with Gasteiger partial charge in [-0.1, -0.05) is 35.0 Å². The van der Waals surface area contributed by atoms with E-state index in [0.29, 0.717) is 13.1 Å². The number of nitrogens with one attached hydrogen (secondary N) is 2. The van der Waals surface area contributed by atoms with Crippen LogP contribution in [0.3, 0.4) is 0 Å². The van der Waals surface area contributed by atoms with Crippen LogP contribution in [0.4, 0.5) is 4.79 Å². The van der Waals surface area contributed by atoms with Gasteiger partial charge in [-0.25, -0.2) is 9.79 Å². The number of amidine groups is 1.